The zero-order chi connectivity index (χ0) is 43.4. The third kappa shape index (κ3) is 7.53. The number of ether oxygens (including phenoxy) is 2. The summed E-state index contributed by atoms with van der Waals surface area (Å²) in [7, 11) is 0. The minimum Gasteiger partial charge on any atom is -0.489 e. The monoisotopic (exact) mass is 853 g/mol. The number of hydrogen-bond donors (Lipinski definition) is 0. The van der Waals surface area contributed by atoms with E-state index in [0.29, 0.717) is 41.4 Å². The highest BCUT2D eigenvalue weighted by molar-refractivity contribution is 5.60. The van der Waals surface area contributed by atoms with Crippen LogP contribution in [0.4, 0.5) is 5.69 Å². The molecule has 9 aliphatic rings. The lowest BCUT2D eigenvalue weighted by molar-refractivity contribution is 0.0914. The summed E-state index contributed by atoms with van der Waals surface area (Å²) in [5.74, 6) is 6.14. The van der Waals surface area contributed by atoms with Gasteiger partial charge in [-0.1, -0.05) is 160 Å². The van der Waals surface area contributed by atoms with Crippen LogP contribution in [0.1, 0.15) is 118 Å². The van der Waals surface area contributed by atoms with Gasteiger partial charge >= 0.3 is 0 Å². The molecular formula is C62H63NO2. The highest BCUT2D eigenvalue weighted by Gasteiger charge is 2.46. The molecule has 3 aromatic carbocycles. The molecule has 2 heterocycles. The number of nitrogens with zero attached hydrogens (tertiary/aromatic N) is 1. The van der Waals surface area contributed by atoms with E-state index < -0.39 is 0 Å². The lowest BCUT2D eigenvalue weighted by Crippen LogP contribution is -2.37. The predicted molar refractivity (Wildman–Crippen MR) is 267 cm³/mol. The Balaban J connectivity index is 0.743. The summed E-state index contributed by atoms with van der Waals surface area (Å²) in [5, 5.41) is 0. The molecule has 7 aliphatic carbocycles. The Hall–Kier alpha value is -5.80. The number of hydrogen-bond acceptors (Lipinski definition) is 3. The van der Waals surface area contributed by atoms with E-state index in [9.17, 15) is 0 Å². The summed E-state index contributed by atoms with van der Waals surface area (Å²) in [5.41, 5.74) is 13.7. The Morgan fingerprint density at radius 2 is 1.38 bits per heavy atom. The molecule has 11 atom stereocenters. The van der Waals surface area contributed by atoms with E-state index in [2.05, 4.69) is 189 Å². The molecule has 3 heteroatoms. The summed E-state index contributed by atoms with van der Waals surface area (Å²) >= 11 is 0. The smallest absolute Gasteiger partial charge is 0.134 e. The van der Waals surface area contributed by atoms with Crippen molar-refractivity contribution in [3.8, 4) is 5.75 Å². The number of anilines is 1. The molecule has 1 saturated carbocycles. The van der Waals surface area contributed by atoms with Gasteiger partial charge in [0.15, 0.2) is 0 Å². The molecule has 0 amide bonds. The van der Waals surface area contributed by atoms with Gasteiger partial charge in [-0.3, -0.25) is 0 Å². The van der Waals surface area contributed by atoms with Crippen LogP contribution in [0.5, 0.6) is 5.75 Å². The molecule has 12 rings (SSSR count). The van der Waals surface area contributed by atoms with Crippen LogP contribution >= 0.6 is 0 Å². The third-order valence-corrected chi connectivity index (χ3v) is 16.6. The minimum absolute atomic E-state index is 0.0790. The second-order valence-electron chi connectivity index (χ2n) is 20.4. The number of rotatable bonds is 8. The van der Waals surface area contributed by atoms with E-state index in [1.54, 1.807) is 0 Å². The molecule has 2 aliphatic heterocycles. The van der Waals surface area contributed by atoms with Crippen molar-refractivity contribution in [2.45, 2.75) is 114 Å². The standard InChI is InChI=1S/C62H63NO2/c1-40-10-3-4-11-52(40)46-31-37-51(38-32-46)63(49-33-27-44(28-34-49)42-19-23-47(24-20-42)53-14-9-15-56-55-12-5-7-16-58(55)64-61(53)56)50-35-29-45(30-36-50)43-21-25-48(26-22-43)54-39-18-41(2)60-57-13-6-8-17-59(57)65-62(54)60/h3-6,8-9,12-15,17,19-21,23-27,29-35,37-38,40-41,43-44,50,52-54,60-62H,7,10-11,16,18,22,28,36,39H2,1-2H3. The fourth-order valence-electron chi connectivity index (χ4n) is 13.0. The summed E-state index contributed by atoms with van der Waals surface area (Å²) in [4.78, 5) is 2.60. The first-order chi connectivity index (χ1) is 32.0. The van der Waals surface area contributed by atoms with Crippen LogP contribution in [0.3, 0.4) is 0 Å². The molecule has 0 aromatic heterocycles. The lowest BCUT2D eigenvalue weighted by Gasteiger charge is -2.38. The van der Waals surface area contributed by atoms with Crippen molar-refractivity contribution in [3.63, 3.8) is 0 Å². The Bertz CT molecular complexity index is 2670. The molecule has 3 aromatic rings. The highest BCUT2D eigenvalue weighted by Crippen LogP contribution is 2.53. The number of fused-ring (bicyclic) bond motifs is 5. The summed E-state index contributed by atoms with van der Waals surface area (Å²) in [6.45, 7) is 4.83. The molecule has 3 nitrogen and oxygen atoms in total. The first-order valence-corrected chi connectivity index (χ1v) is 25.0. The highest BCUT2D eigenvalue weighted by atomic mass is 16.5. The maximum atomic E-state index is 6.71. The van der Waals surface area contributed by atoms with Crippen molar-refractivity contribution in [2.75, 3.05) is 4.90 Å². The van der Waals surface area contributed by atoms with E-state index >= 15 is 0 Å². The topological polar surface area (TPSA) is 21.7 Å². The second-order valence-corrected chi connectivity index (χ2v) is 20.4. The Morgan fingerprint density at radius 3 is 2.18 bits per heavy atom. The van der Waals surface area contributed by atoms with Gasteiger partial charge in [0.1, 0.15) is 23.7 Å². The molecule has 328 valence electrons. The van der Waals surface area contributed by atoms with Crippen LogP contribution in [-0.2, 0) is 4.74 Å². The van der Waals surface area contributed by atoms with Crippen LogP contribution in [0.25, 0.3) is 0 Å². The van der Waals surface area contributed by atoms with Gasteiger partial charge in [0.2, 0.25) is 0 Å². The molecule has 0 radical (unpaired) electrons. The Labute approximate surface area is 387 Å². The quantitative estimate of drug-likeness (QED) is 0.211. The van der Waals surface area contributed by atoms with Gasteiger partial charge in [-0.15, -0.1) is 0 Å². The van der Waals surface area contributed by atoms with E-state index in [1.165, 1.54) is 81.0 Å². The average Bonchev–Trinajstić information content (AvgIpc) is 3.95. The van der Waals surface area contributed by atoms with Crippen molar-refractivity contribution in [1.82, 2.24) is 0 Å². The zero-order valence-corrected chi connectivity index (χ0v) is 38.1. The van der Waals surface area contributed by atoms with Gasteiger partial charge in [-0.05, 0) is 121 Å². The maximum Gasteiger partial charge on any atom is 0.134 e. The minimum atomic E-state index is 0.0790. The predicted octanol–water partition coefficient (Wildman–Crippen LogP) is 15.1. The van der Waals surface area contributed by atoms with Gasteiger partial charge in [-0.2, -0.15) is 0 Å². The van der Waals surface area contributed by atoms with Crippen molar-refractivity contribution in [1.29, 1.82) is 0 Å². The number of allylic oxidation sites excluding steroid dienone is 15. The second kappa shape index (κ2) is 17.2. The third-order valence-electron chi connectivity index (χ3n) is 16.6. The zero-order valence-electron chi connectivity index (χ0n) is 38.1. The Morgan fingerprint density at radius 1 is 0.600 bits per heavy atom. The Kier molecular flexibility index (Phi) is 10.8. The van der Waals surface area contributed by atoms with Crippen LogP contribution in [0, 0.1) is 23.7 Å². The van der Waals surface area contributed by atoms with Crippen molar-refractivity contribution < 1.29 is 9.47 Å². The van der Waals surface area contributed by atoms with E-state index in [0.717, 1.165) is 44.3 Å². The van der Waals surface area contributed by atoms with E-state index in [4.69, 9.17) is 9.47 Å². The van der Waals surface area contributed by atoms with Crippen LogP contribution < -0.4 is 9.64 Å². The average molecular weight is 854 g/mol. The SMILES string of the molecule is CC1CC=CCC1c1ccc(N(C2=CCC(c3ccc(C4C=CC=C5C6=C(CCC=C6)OC54)cc3)C=C2)C2C=CC(C3C=CC(C4CCC(C)C5c6ccccc6OC45)=CC3)=CC2)cc1. The number of para-hydroxylation sites is 1. The molecular weight excluding hydrogens is 791 g/mol. The maximum absolute atomic E-state index is 6.71. The molecule has 0 N–H and O–H groups in total. The first-order valence-electron chi connectivity index (χ1n) is 25.0. The van der Waals surface area contributed by atoms with Crippen molar-refractivity contribution in [3.05, 3.63) is 226 Å². The number of benzene rings is 3. The van der Waals surface area contributed by atoms with Gasteiger partial charge < -0.3 is 14.4 Å². The van der Waals surface area contributed by atoms with Gasteiger partial charge in [0, 0.05) is 64.1 Å². The van der Waals surface area contributed by atoms with Crippen molar-refractivity contribution >= 4 is 5.69 Å². The fourth-order valence-corrected chi connectivity index (χ4v) is 13.0. The lowest BCUT2D eigenvalue weighted by atomic mass is 9.68. The normalized spacial score (nSPS) is 32.9. The van der Waals surface area contributed by atoms with Crippen molar-refractivity contribution in [2.24, 2.45) is 23.7 Å². The van der Waals surface area contributed by atoms with E-state index in [1.807, 2.05) is 0 Å². The molecule has 0 saturated heterocycles. The molecule has 65 heavy (non-hydrogen) atoms. The van der Waals surface area contributed by atoms with Crippen LogP contribution in [0.2, 0.25) is 0 Å². The summed E-state index contributed by atoms with van der Waals surface area (Å²) < 4.78 is 13.3. The fraction of sp³-hybridized carbons (Fsp3) is 0.355. The molecule has 11 unspecified atom stereocenters. The van der Waals surface area contributed by atoms with Gasteiger partial charge in [0.05, 0.1) is 6.04 Å². The largest absolute Gasteiger partial charge is 0.489 e. The molecule has 0 spiro atoms. The first kappa shape index (κ1) is 40.7. The summed E-state index contributed by atoms with van der Waals surface area (Å²) in [6.07, 6.45) is 48.5. The molecule has 0 bridgehead atoms. The van der Waals surface area contributed by atoms with Crippen LogP contribution in [0.15, 0.2) is 204 Å². The molecule has 1 fully saturated rings. The van der Waals surface area contributed by atoms with Gasteiger partial charge in [-0.25, -0.2) is 0 Å². The van der Waals surface area contributed by atoms with Crippen LogP contribution in [-0.4, -0.2) is 18.2 Å². The summed E-state index contributed by atoms with van der Waals surface area (Å²) in [6, 6.07) is 28.0. The van der Waals surface area contributed by atoms with E-state index in [-0.39, 0.29) is 24.2 Å². The van der Waals surface area contributed by atoms with Gasteiger partial charge in [0.25, 0.3) is 0 Å².